The molecule has 2 N–H and O–H groups in total. The Morgan fingerprint density at radius 2 is 2.17 bits per heavy atom. The van der Waals surface area contributed by atoms with Crippen molar-refractivity contribution in [3.8, 4) is 0 Å². The summed E-state index contributed by atoms with van der Waals surface area (Å²) in [4.78, 5) is 12.4. The molecule has 0 aromatic heterocycles. The minimum absolute atomic E-state index is 0. The van der Waals surface area contributed by atoms with E-state index in [1.54, 1.807) is 0 Å². The Hall–Kier alpha value is -0.0300. The molecule has 0 aliphatic carbocycles. The molecular formula is C6H14Cl2N2O2. The van der Waals surface area contributed by atoms with E-state index in [-0.39, 0.29) is 30.9 Å². The van der Waals surface area contributed by atoms with Crippen molar-refractivity contribution in [3.05, 3.63) is 0 Å². The van der Waals surface area contributed by atoms with Gasteiger partial charge in [-0.15, -0.1) is 24.8 Å². The molecule has 0 spiro atoms. The summed E-state index contributed by atoms with van der Waals surface area (Å²) in [5.41, 5.74) is 0. The Morgan fingerprint density at radius 3 is 2.50 bits per heavy atom. The highest BCUT2D eigenvalue weighted by Crippen LogP contribution is 1.94. The van der Waals surface area contributed by atoms with Gasteiger partial charge in [0.05, 0.1) is 0 Å². The van der Waals surface area contributed by atoms with E-state index in [0.717, 1.165) is 13.1 Å². The summed E-state index contributed by atoms with van der Waals surface area (Å²) in [5, 5.41) is 11.5. The number of nitrogens with one attached hydrogen (secondary N) is 1. The van der Waals surface area contributed by atoms with Gasteiger partial charge in [0.1, 0.15) is 6.04 Å². The number of likely N-dealkylation sites (N-methyl/N-ethyl adjacent to an activating group) is 1. The zero-order chi connectivity index (χ0) is 7.56. The molecule has 1 unspecified atom stereocenters. The predicted molar refractivity (Wildman–Crippen MR) is 51.4 cm³/mol. The molecule has 0 aromatic rings. The first-order valence-corrected chi connectivity index (χ1v) is 3.35. The number of halogens is 2. The molecule has 0 aromatic carbocycles. The molecule has 1 fully saturated rings. The highest BCUT2D eigenvalue weighted by atomic mass is 35.5. The van der Waals surface area contributed by atoms with Crippen LogP contribution in [0.5, 0.6) is 0 Å². The molecule has 1 rings (SSSR count). The van der Waals surface area contributed by atoms with Gasteiger partial charge >= 0.3 is 5.97 Å². The summed E-state index contributed by atoms with van der Waals surface area (Å²) in [5.74, 6) is -0.758. The van der Waals surface area contributed by atoms with Crippen LogP contribution in [0.2, 0.25) is 0 Å². The summed E-state index contributed by atoms with van der Waals surface area (Å²) in [6.45, 7) is 2.31. The number of rotatable bonds is 1. The van der Waals surface area contributed by atoms with Crippen molar-refractivity contribution >= 4 is 30.8 Å². The Balaban J connectivity index is 0. The molecule has 0 amide bonds. The number of nitrogens with zero attached hydrogens (tertiary/aromatic N) is 1. The van der Waals surface area contributed by atoms with Gasteiger partial charge in [0, 0.05) is 19.6 Å². The predicted octanol–water partition coefficient (Wildman–Crippen LogP) is -0.182. The van der Waals surface area contributed by atoms with E-state index < -0.39 is 5.97 Å². The van der Waals surface area contributed by atoms with E-state index in [2.05, 4.69) is 5.32 Å². The number of aliphatic carboxylic acids is 1. The maximum absolute atomic E-state index is 10.4. The van der Waals surface area contributed by atoms with Crippen molar-refractivity contribution in [2.45, 2.75) is 6.04 Å². The number of hydrogen-bond donors (Lipinski definition) is 2. The van der Waals surface area contributed by atoms with Crippen LogP contribution in [0.15, 0.2) is 0 Å². The second-order valence-electron chi connectivity index (χ2n) is 2.61. The lowest BCUT2D eigenvalue weighted by molar-refractivity contribution is -0.140. The van der Waals surface area contributed by atoms with Crippen LogP contribution >= 0.6 is 24.8 Å². The van der Waals surface area contributed by atoms with Gasteiger partial charge in [0.15, 0.2) is 0 Å². The maximum Gasteiger partial charge on any atom is 0.322 e. The van der Waals surface area contributed by atoms with E-state index >= 15 is 0 Å². The van der Waals surface area contributed by atoms with Gasteiger partial charge < -0.3 is 15.3 Å². The molecule has 6 heteroatoms. The molecule has 12 heavy (non-hydrogen) atoms. The lowest BCUT2D eigenvalue weighted by Crippen LogP contribution is -2.52. The van der Waals surface area contributed by atoms with Gasteiger partial charge in [0.2, 0.25) is 0 Å². The van der Waals surface area contributed by atoms with E-state index in [0.29, 0.717) is 6.54 Å². The lowest BCUT2D eigenvalue weighted by atomic mass is 10.2. The fourth-order valence-corrected chi connectivity index (χ4v) is 1.06. The first-order chi connectivity index (χ1) is 4.70. The van der Waals surface area contributed by atoms with Gasteiger partial charge in [0.25, 0.3) is 0 Å². The van der Waals surface area contributed by atoms with Gasteiger partial charge in [-0.05, 0) is 7.05 Å². The SMILES string of the molecule is CN1CCNC(C(=O)O)C1.Cl.Cl. The van der Waals surface area contributed by atoms with Crippen molar-refractivity contribution in [2.24, 2.45) is 0 Å². The minimum Gasteiger partial charge on any atom is -0.480 e. The van der Waals surface area contributed by atoms with Gasteiger partial charge in [-0.3, -0.25) is 4.79 Å². The molecule has 74 valence electrons. The third-order valence-electron chi connectivity index (χ3n) is 1.68. The summed E-state index contributed by atoms with van der Waals surface area (Å²) >= 11 is 0. The summed E-state index contributed by atoms with van der Waals surface area (Å²) in [6, 6.07) is -0.376. The van der Waals surface area contributed by atoms with Crippen LogP contribution in [0.25, 0.3) is 0 Å². The Morgan fingerprint density at radius 1 is 1.58 bits per heavy atom. The van der Waals surface area contributed by atoms with Crippen LogP contribution in [0.4, 0.5) is 0 Å². The Kier molecular flexibility index (Phi) is 7.83. The normalized spacial score (nSPS) is 23.6. The van der Waals surface area contributed by atoms with Gasteiger partial charge in [-0.2, -0.15) is 0 Å². The molecule has 0 radical (unpaired) electrons. The fraction of sp³-hybridized carbons (Fsp3) is 0.833. The topological polar surface area (TPSA) is 52.6 Å². The number of piperazine rings is 1. The van der Waals surface area contributed by atoms with Crippen LogP contribution in [-0.2, 0) is 4.79 Å². The highest BCUT2D eigenvalue weighted by Gasteiger charge is 2.21. The lowest BCUT2D eigenvalue weighted by Gasteiger charge is -2.27. The smallest absolute Gasteiger partial charge is 0.322 e. The molecule has 4 nitrogen and oxygen atoms in total. The third-order valence-corrected chi connectivity index (χ3v) is 1.68. The fourth-order valence-electron chi connectivity index (χ4n) is 1.06. The van der Waals surface area contributed by atoms with Crippen molar-refractivity contribution in [1.82, 2.24) is 10.2 Å². The highest BCUT2D eigenvalue weighted by molar-refractivity contribution is 5.85. The van der Waals surface area contributed by atoms with Crippen LogP contribution in [0, 0.1) is 0 Å². The molecule has 1 aliphatic heterocycles. The monoisotopic (exact) mass is 216 g/mol. The Labute approximate surface area is 84.1 Å². The zero-order valence-corrected chi connectivity index (χ0v) is 8.45. The Bertz CT molecular complexity index is 146. The van der Waals surface area contributed by atoms with Gasteiger partial charge in [-0.1, -0.05) is 0 Å². The molecule has 1 saturated heterocycles. The quantitative estimate of drug-likeness (QED) is 0.639. The minimum atomic E-state index is -0.758. The maximum atomic E-state index is 10.4. The molecule has 1 atom stereocenters. The van der Waals surface area contributed by atoms with E-state index in [4.69, 9.17) is 5.11 Å². The van der Waals surface area contributed by atoms with Crippen LogP contribution < -0.4 is 5.32 Å². The average molecular weight is 217 g/mol. The van der Waals surface area contributed by atoms with E-state index in [9.17, 15) is 4.79 Å². The van der Waals surface area contributed by atoms with Crippen LogP contribution in [-0.4, -0.2) is 48.7 Å². The average Bonchev–Trinajstić information content (AvgIpc) is 1.88. The standard InChI is InChI=1S/C6H12N2O2.2ClH/c1-8-3-2-7-5(4-8)6(9)10;;/h5,7H,2-4H2,1H3,(H,9,10);2*1H. The molecule has 0 saturated carbocycles. The molecule has 1 aliphatic rings. The molecular weight excluding hydrogens is 203 g/mol. The number of hydrogen-bond acceptors (Lipinski definition) is 3. The molecule has 1 heterocycles. The number of carboxylic acid groups (broad SMARTS) is 1. The van der Waals surface area contributed by atoms with Crippen molar-refractivity contribution in [1.29, 1.82) is 0 Å². The van der Waals surface area contributed by atoms with Gasteiger partial charge in [-0.25, -0.2) is 0 Å². The largest absolute Gasteiger partial charge is 0.480 e. The van der Waals surface area contributed by atoms with Crippen molar-refractivity contribution in [2.75, 3.05) is 26.7 Å². The van der Waals surface area contributed by atoms with E-state index in [1.807, 2.05) is 11.9 Å². The van der Waals surface area contributed by atoms with Crippen molar-refractivity contribution < 1.29 is 9.90 Å². The first-order valence-electron chi connectivity index (χ1n) is 3.35. The van der Waals surface area contributed by atoms with Crippen LogP contribution in [0.3, 0.4) is 0 Å². The summed E-state index contributed by atoms with van der Waals surface area (Å²) in [6.07, 6.45) is 0. The second kappa shape index (κ2) is 6.48. The molecule has 0 bridgehead atoms. The zero-order valence-electron chi connectivity index (χ0n) is 6.82. The van der Waals surface area contributed by atoms with Crippen molar-refractivity contribution in [3.63, 3.8) is 0 Å². The summed E-state index contributed by atoms with van der Waals surface area (Å²) in [7, 11) is 1.93. The first kappa shape index (κ1) is 14.5. The third kappa shape index (κ3) is 4.11. The summed E-state index contributed by atoms with van der Waals surface area (Å²) < 4.78 is 0. The number of carbonyl (C=O) groups is 1. The number of carboxylic acids is 1. The second-order valence-corrected chi connectivity index (χ2v) is 2.61. The van der Waals surface area contributed by atoms with Crippen LogP contribution in [0.1, 0.15) is 0 Å². The van der Waals surface area contributed by atoms with E-state index in [1.165, 1.54) is 0 Å².